The molecule has 4 aliphatic heterocycles. The van der Waals surface area contributed by atoms with Gasteiger partial charge in [-0.2, -0.15) is 0 Å². The highest BCUT2D eigenvalue weighted by Gasteiger charge is 2.72. The van der Waals surface area contributed by atoms with Crippen LogP contribution in [0.15, 0.2) is 54.6 Å². The summed E-state index contributed by atoms with van der Waals surface area (Å²) >= 11 is 0. The summed E-state index contributed by atoms with van der Waals surface area (Å²) in [5.74, 6) is -3.58. The summed E-state index contributed by atoms with van der Waals surface area (Å²) in [7, 11) is 1.51. The Bertz CT molecular complexity index is 1350. The second-order valence-corrected chi connectivity index (χ2v) is 13.5. The van der Waals surface area contributed by atoms with E-state index in [1.165, 1.54) is 12.0 Å². The number of aliphatic hydroxyl groups is 1. The lowest BCUT2D eigenvalue weighted by Gasteiger charge is -2.39. The largest absolute Gasteiger partial charge is 0.455 e. The number of carbonyl (C=O) groups is 4. The number of fused-ring (bicyclic) bond motifs is 2. The molecule has 1 aromatic rings. The molecule has 3 amide bonds. The van der Waals surface area contributed by atoms with Crippen molar-refractivity contribution in [2.45, 2.75) is 88.8 Å². The number of aliphatic hydroxyl groups excluding tert-OH is 1. The maximum absolute atomic E-state index is 14.8. The van der Waals surface area contributed by atoms with Gasteiger partial charge in [0.25, 0.3) is 0 Å². The average Bonchev–Trinajstić information content (AvgIpc) is 3.44. The molecule has 0 aliphatic carbocycles. The maximum atomic E-state index is 14.8. The van der Waals surface area contributed by atoms with Crippen LogP contribution in [-0.4, -0.2) is 102 Å². The molecule has 1 spiro atoms. The van der Waals surface area contributed by atoms with Gasteiger partial charge in [-0.15, -0.1) is 0 Å². The minimum Gasteiger partial charge on any atom is -0.455 e. The van der Waals surface area contributed by atoms with E-state index in [-0.39, 0.29) is 37.4 Å². The zero-order valence-electron chi connectivity index (χ0n) is 27.9. The lowest BCUT2D eigenvalue weighted by molar-refractivity contribution is -0.163. The molecule has 11 nitrogen and oxygen atoms in total. The Morgan fingerprint density at radius 2 is 1.87 bits per heavy atom. The van der Waals surface area contributed by atoms with Crippen LogP contribution in [-0.2, 0) is 33.4 Å². The quantitative estimate of drug-likeness (QED) is 0.292. The highest BCUT2D eigenvalue weighted by molar-refractivity contribution is 5.99. The number of likely N-dealkylation sites (tertiary alicyclic amines) is 1. The van der Waals surface area contributed by atoms with Crippen molar-refractivity contribution in [3.63, 3.8) is 0 Å². The van der Waals surface area contributed by atoms with Gasteiger partial charge in [0.1, 0.15) is 23.7 Å². The number of cyclic esters (lactones) is 1. The van der Waals surface area contributed by atoms with Crippen LogP contribution < -0.4 is 5.32 Å². The number of nitrogens with one attached hydrogen (secondary N) is 1. The number of benzene rings is 1. The van der Waals surface area contributed by atoms with E-state index in [2.05, 4.69) is 12.2 Å². The minimum atomic E-state index is -1.46. The molecule has 2 saturated heterocycles. The smallest absolute Gasteiger partial charge is 0.313 e. The topological polar surface area (TPSA) is 135 Å². The van der Waals surface area contributed by atoms with Crippen molar-refractivity contribution in [1.29, 1.82) is 0 Å². The molecule has 4 heterocycles. The summed E-state index contributed by atoms with van der Waals surface area (Å²) in [6.07, 6.45) is 8.09. The predicted molar refractivity (Wildman–Crippen MR) is 174 cm³/mol. The van der Waals surface area contributed by atoms with Gasteiger partial charge in [-0.25, -0.2) is 0 Å². The third-order valence-electron chi connectivity index (χ3n) is 9.71. The summed E-state index contributed by atoms with van der Waals surface area (Å²) < 4.78 is 18.6. The van der Waals surface area contributed by atoms with E-state index >= 15 is 0 Å². The summed E-state index contributed by atoms with van der Waals surface area (Å²) in [4.78, 5) is 60.0. The Balaban J connectivity index is 1.62. The fourth-order valence-corrected chi connectivity index (χ4v) is 7.64. The molecular formula is C36H49N3O8. The maximum Gasteiger partial charge on any atom is 0.313 e. The van der Waals surface area contributed by atoms with E-state index in [4.69, 9.17) is 14.2 Å². The SMILES string of the molecule is CCCCN1CC=C[C@]23O[C@@H]4/C=C\CCC(=O)N[C@H](COC)[C@@H](c5ccccc5)OC(=O)[C@@H]4[C@H]2C(=O)N([C@@H](CO)CC(C)C)[C@@H]3C1=O. The molecule has 4 aliphatic rings. The Hall–Kier alpha value is -3.54. The summed E-state index contributed by atoms with van der Waals surface area (Å²) in [6, 6.07) is 6.72. The van der Waals surface area contributed by atoms with Crippen molar-refractivity contribution < 1.29 is 38.5 Å². The Kier molecular flexibility index (Phi) is 11.2. The van der Waals surface area contributed by atoms with Gasteiger partial charge in [-0.3, -0.25) is 19.2 Å². The second kappa shape index (κ2) is 15.1. The first-order valence-electron chi connectivity index (χ1n) is 16.9. The monoisotopic (exact) mass is 651 g/mol. The van der Waals surface area contributed by atoms with E-state index in [0.29, 0.717) is 31.5 Å². The van der Waals surface area contributed by atoms with Crippen LogP contribution in [0.2, 0.25) is 0 Å². The van der Waals surface area contributed by atoms with Gasteiger partial charge < -0.3 is 34.4 Å². The normalized spacial score (nSPS) is 32.5. The van der Waals surface area contributed by atoms with E-state index in [0.717, 1.165) is 12.8 Å². The van der Waals surface area contributed by atoms with Crippen molar-refractivity contribution in [3.05, 3.63) is 60.2 Å². The molecule has 256 valence electrons. The summed E-state index contributed by atoms with van der Waals surface area (Å²) in [5, 5.41) is 13.6. The van der Waals surface area contributed by atoms with Crippen LogP contribution in [0.1, 0.15) is 64.5 Å². The number of hydrogen-bond acceptors (Lipinski definition) is 8. The fourth-order valence-electron chi connectivity index (χ4n) is 7.64. The van der Waals surface area contributed by atoms with Crippen molar-refractivity contribution in [3.8, 4) is 0 Å². The molecule has 2 fully saturated rings. The number of methoxy groups -OCH3 is 1. The molecule has 0 aromatic heterocycles. The number of amides is 3. The molecular weight excluding hydrogens is 602 g/mol. The van der Waals surface area contributed by atoms with Crippen LogP contribution in [0.4, 0.5) is 0 Å². The van der Waals surface area contributed by atoms with Crippen molar-refractivity contribution in [2.24, 2.45) is 17.8 Å². The Labute approximate surface area is 277 Å². The van der Waals surface area contributed by atoms with Gasteiger partial charge >= 0.3 is 5.97 Å². The lowest BCUT2D eigenvalue weighted by atomic mass is 9.77. The van der Waals surface area contributed by atoms with Crippen LogP contribution >= 0.6 is 0 Å². The first kappa shape index (κ1) is 34.8. The molecule has 1 aromatic carbocycles. The lowest BCUT2D eigenvalue weighted by Crippen LogP contribution is -2.58. The van der Waals surface area contributed by atoms with Crippen LogP contribution in [0.3, 0.4) is 0 Å². The zero-order chi connectivity index (χ0) is 33.7. The molecule has 5 rings (SSSR count). The van der Waals surface area contributed by atoms with E-state index in [1.54, 1.807) is 23.1 Å². The van der Waals surface area contributed by atoms with Crippen LogP contribution in [0.5, 0.6) is 0 Å². The number of carbonyl (C=O) groups excluding carboxylic acids is 4. The minimum absolute atomic E-state index is 0.0827. The van der Waals surface area contributed by atoms with Gasteiger partial charge in [0.15, 0.2) is 0 Å². The van der Waals surface area contributed by atoms with E-state index in [1.807, 2.05) is 50.3 Å². The highest BCUT2D eigenvalue weighted by Crippen LogP contribution is 2.54. The standard InChI is InChI=1S/C36H49N3O8/c1-5-6-18-38-19-12-17-36-30(33(42)39(32(36)34(38)43)25(21-40)20-23(2)3)29-27(47-36)15-10-11-16-28(41)37-26(22-45-4)31(46-35(29)44)24-13-8-7-9-14-24/h7-10,12-15,17,23,25-27,29-32,40H,5-6,11,16,18-22H2,1-4H3,(H,37,41)/b15-10-/t25-,26-,27-,29+,30+,31-,32-,36+/m1/s1. The number of hydrogen-bond donors (Lipinski definition) is 2. The molecule has 0 saturated carbocycles. The summed E-state index contributed by atoms with van der Waals surface area (Å²) in [6.45, 7) is 6.68. The third-order valence-corrected chi connectivity index (χ3v) is 9.71. The molecule has 8 atom stereocenters. The van der Waals surface area contributed by atoms with Gasteiger partial charge in [0.05, 0.1) is 37.3 Å². The molecule has 0 bridgehead atoms. The molecule has 47 heavy (non-hydrogen) atoms. The highest BCUT2D eigenvalue weighted by atomic mass is 16.6. The number of ether oxygens (including phenoxy) is 3. The number of rotatable bonds is 10. The Morgan fingerprint density at radius 1 is 1.11 bits per heavy atom. The van der Waals surface area contributed by atoms with Gasteiger partial charge in [0, 0.05) is 26.6 Å². The van der Waals surface area contributed by atoms with Crippen LogP contribution in [0, 0.1) is 17.8 Å². The summed E-state index contributed by atoms with van der Waals surface area (Å²) in [5.41, 5.74) is -0.799. The van der Waals surface area contributed by atoms with E-state index in [9.17, 15) is 24.3 Å². The Morgan fingerprint density at radius 3 is 2.55 bits per heavy atom. The van der Waals surface area contributed by atoms with Crippen molar-refractivity contribution in [1.82, 2.24) is 15.1 Å². The van der Waals surface area contributed by atoms with E-state index < -0.39 is 59.6 Å². The second-order valence-electron chi connectivity index (χ2n) is 13.5. The number of allylic oxidation sites excluding steroid dienone is 1. The number of esters is 1. The fraction of sp³-hybridized carbons (Fsp3) is 0.611. The molecule has 0 unspecified atom stereocenters. The number of nitrogens with zero attached hydrogens (tertiary/aromatic N) is 2. The average molecular weight is 652 g/mol. The van der Waals surface area contributed by atoms with Gasteiger partial charge in [-0.05, 0) is 30.7 Å². The van der Waals surface area contributed by atoms with Crippen molar-refractivity contribution >= 4 is 23.7 Å². The zero-order valence-corrected chi connectivity index (χ0v) is 27.9. The first-order chi connectivity index (χ1) is 22.7. The number of unbranched alkanes of at least 4 members (excludes halogenated alkanes) is 1. The van der Waals surface area contributed by atoms with Gasteiger partial charge in [-0.1, -0.05) is 81.8 Å². The molecule has 11 heteroatoms. The first-order valence-corrected chi connectivity index (χ1v) is 16.9. The van der Waals surface area contributed by atoms with Gasteiger partial charge in [0.2, 0.25) is 17.7 Å². The third kappa shape index (κ3) is 6.89. The molecule has 2 N–H and O–H groups in total. The molecule has 0 radical (unpaired) electrons. The van der Waals surface area contributed by atoms with Crippen LogP contribution in [0.25, 0.3) is 0 Å². The van der Waals surface area contributed by atoms with Crippen molar-refractivity contribution in [2.75, 3.05) is 33.4 Å². The predicted octanol–water partition coefficient (Wildman–Crippen LogP) is 2.94.